The van der Waals surface area contributed by atoms with E-state index in [1.807, 2.05) is 12.3 Å². The average molecular weight is 145 g/mol. The molecule has 2 nitrogen and oxygen atoms in total. The van der Waals surface area contributed by atoms with Crippen LogP contribution < -0.4 is 0 Å². The molecule has 0 saturated carbocycles. The van der Waals surface area contributed by atoms with Gasteiger partial charge in [0, 0.05) is 17.8 Å². The fraction of sp³-hybridized carbons (Fsp3) is 0.111. The topological polar surface area (TPSA) is 28.7 Å². The van der Waals surface area contributed by atoms with Crippen LogP contribution >= 0.6 is 0 Å². The van der Waals surface area contributed by atoms with Gasteiger partial charge >= 0.3 is 0 Å². The van der Waals surface area contributed by atoms with Gasteiger partial charge in [-0.05, 0) is 31.0 Å². The number of pyridine rings is 1. The highest BCUT2D eigenvalue weighted by atomic mass is 14.8. The lowest BCUT2D eigenvalue weighted by molar-refractivity contribution is 1.28. The Hall–Kier alpha value is -1.31. The van der Waals surface area contributed by atoms with E-state index in [0.29, 0.717) is 0 Å². The monoisotopic (exact) mass is 145 g/mol. The van der Waals surface area contributed by atoms with Crippen LogP contribution in [-0.4, -0.2) is 9.97 Å². The van der Waals surface area contributed by atoms with Crippen molar-refractivity contribution in [1.29, 1.82) is 0 Å². The van der Waals surface area contributed by atoms with Gasteiger partial charge in [-0.25, -0.2) is 4.98 Å². The van der Waals surface area contributed by atoms with Crippen molar-refractivity contribution in [1.82, 2.24) is 9.97 Å². The first-order valence-electron chi connectivity index (χ1n) is 3.62. The first-order valence-corrected chi connectivity index (χ1v) is 3.62. The normalized spacial score (nSPS) is 10.6. The Labute approximate surface area is 65.3 Å². The third-order valence-corrected chi connectivity index (χ3v) is 1.81. The summed E-state index contributed by atoms with van der Waals surface area (Å²) in [4.78, 5) is 7.25. The summed E-state index contributed by atoms with van der Waals surface area (Å²) in [5.41, 5.74) is 2.18. The molecule has 0 unspecified atom stereocenters. The Morgan fingerprint density at radius 3 is 3.27 bits per heavy atom. The van der Waals surface area contributed by atoms with Gasteiger partial charge in [0.2, 0.25) is 0 Å². The molecule has 0 aromatic carbocycles. The summed E-state index contributed by atoms with van der Waals surface area (Å²) < 4.78 is 0. The van der Waals surface area contributed by atoms with E-state index in [0.717, 1.165) is 12.1 Å². The maximum Gasteiger partial charge on any atom is 0.137 e. The molecule has 55 valence electrons. The number of hydrogen-bond acceptors (Lipinski definition) is 1. The Morgan fingerprint density at radius 1 is 1.55 bits per heavy atom. The van der Waals surface area contributed by atoms with E-state index in [1.165, 1.54) is 10.9 Å². The summed E-state index contributed by atoms with van der Waals surface area (Å²) in [6.07, 6.45) is 4.56. The van der Waals surface area contributed by atoms with Gasteiger partial charge in [-0.3, -0.25) is 0 Å². The fourth-order valence-electron chi connectivity index (χ4n) is 1.22. The molecule has 0 fully saturated rings. The largest absolute Gasteiger partial charge is 0.346 e. The molecule has 2 aromatic rings. The van der Waals surface area contributed by atoms with E-state index in [9.17, 15) is 0 Å². The smallest absolute Gasteiger partial charge is 0.137 e. The van der Waals surface area contributed by atoms with Crippen LogP contribution in [0.2, 0.25) is 0 Å². The lowest BCUT2D eigenvalue weighted by atomic mass is 10.2. The van der Waals surface area contributed by atoms with E-state index in [4.69, 9.17) is 0 Å². The summed E-state index contributed by atoms with van der Waals surface area (Å²) >= 11 is 0. The molecule has 0 amide bonds. The average Bonchev–Trinajstić information content (AvgIpc) is 2.47. The van der Waals surface area contributed by atoms with Crippen molar-refractivity contribution in [2.75, 3.05) is 0 Å². The summed E-state index contributed by atoms with van der Waals surface area (Å²) in [5, 5.41) is 1.18. The van der Waals surface area contributed by atoms with Crippen LogP contribution in [0.25, 0.3) is 11.0 Å². The molecule has 0 spiro atoms. The zero-order chi connectivity index (χ0) is 7.68. The summed E-state index contributed by atoms with van der Waals surface area (Å²) in [6, 6.07) is 3.99. The zero-order valence-corrected chi connectivity index (χ0v) is 6.17. The molecule has 11 heavy (non-hydrogen) atoms. The Morgan fingerprint density at radius 2 is 2.45 bits per heavy atom. The Balaban J connectivity index is 2.76. The molecule has 2 aromatic heterocycles. The SMILES string of the molecule is [CH2]Cc1c[nH]c2ncccc12. The first kappa shape index (κ1) is 6.40. The Kier molecular flexibility index (Phi) is 1.39. The molecule has 0 atom stereocenters. The first-order chi connectivity index (χ1) is 5.42. The standard InChI is InChI=1S/C9H9N2/c1-2-7-6-11-9-8(7)4-3-5-10-9/h3-6H,1-2H2,(H,10,11). The molecule has 1 radical (unpaired) electrons. The predicted molar refractivity (Wildman–Crippen MR) is 45.2 cm³/mol. The molecule has 2 heteroatoms. The number of H-pyrrole nitrogens is 1. The molecule has 2 rings (SSSR count). The number of rotatable bonds is 1. The molecule has 0 saturated heterocycles. The van der Waals surface area contributed by atoms with Crippen LogP contribution in [0, 0.1) is 6.92 Å². The molecule has 0 aliphatic carbocycles. The predicted octanol–water partition coefficient (Wildman–Crippen LogP) is 1.94. The van der Waals surface area contributed by atoms with Crippen LogP contribution in [0.15, 0.2) is 24.5 Å². The second-order valence-corrected chi connectivity index (χ2v) is 2.46. The number of aromatic amines is 1. The van der Waals surface area contributed by atoms with Gasteiger partial charge in [-0.15, -0.1) is 0 Å². The maximum atomic E-state index is 4.17. The van der Waals surface area contributed by atoms with E-state index in [-0.39, 0.29) is 0 Å². The van der Waals surface area contributed by atoms with Crippen LogP contribution in [0.4, 0.5) is 0 Å². The summed E-state index contributed by atoms with van der Waals surface area (Å²) in [7, 11) is 0. The van der Waals surface area contributed by atoms with Gasteiger partial charge in [0.05, 0.1) is 0 Å². The Bertz CT molecular complexity index is 362. The second kappa shape index (κ2) is 2.38. The minimum Gasteiger partial charge on any atom is -0.346 e. The van der Waals surface area contributed by atoms with Gasteiger partial charge in [0.15, 0.2) is 0 Å². The number of fused-ring (bicyclic) bond motifs is 1. The number of aromatic nitrogens is 2. The zero-order valence-electron chi connectivity index (χ0n) is 6.17. The molecular formula is C9H9N2. The third-order valence-electron chi connectivity index (χ3n) is 1.81. The number of hydrogen-bond donors (Lipinski definition) is 1. The van der Waals surface area contributed by atoms with Crippen molar-refractivity contribution in [3.63, 3.8) is 0 Å². The van der Waals surface area contributed by atoms with Crippen molar-refractivity contribution in [3.8, 4) is 0 Å². The van der Waals surface area contributed by atoms with Gasteiger partial charge in [0.25, 0.3) is 0 Å². The van der Waals surface area contributed by atoms with Crippen LogP contribution in [0.3, 0.4) is 0 Å². The van der Waals surface area contributed by atoms with Gasteiger partial charge in [-0.2, -0.15) is 0 Å². The molecule has 2 heterocycles. The van der Waals surface area contributed by atoms with Crippen molar-refractivity contribution < 1.29 is 0 Å². The highest BCUT2D eigenvalue weighted by Gasteiger charge is 1.99. The number of nitrogens with zero attached hydrogens (tertiary/aromatic N) is 1. The highest BCUT2D eigenvalue weighted by molar-refractivity contribution is 5.79. The minimum absolute atomic E-state index is 0.811. The lowest BCUT2D eigenvalue weighted by Crippen LogP contribution is -1.76. The molecule has 0 aliphatic heterocycles. The molecule has 0 aliphatic rings. The van der Waals surface area contributed by atoms with E-state index in [1.54, 1.807) is 6.20 Å². The lowest BCUT2D eigenvalue weighted by Gasteiger charge is -1.89. The molecular weight excluding hydrogens is 136 g/mol. The van der Waals surface area contributed by atoms with Crippen LogP contribution in [0.1, 0.15) is 5.56 Å². The van der Waals surface area contributed by atoms with Gasteiger partial charge < -0.3 is 4.98 Å². The van der Waals surface area contributed by atoms with Crippen molar-refractivity contribution in [3.05, 3.63) is 37.0 Å². The fourth-order valence-corrected chi connectivity index (χ4v) is 1.22. The van der Waals surface area contributed by atoms with Gasteiger partial charge in [0.1, 0.15) is 5.65 Å². The van der Waals surface area contributed by atoms with Crippen molar-refractivity contribution in [2.45, 2.75) is 6.42 Å². The van der Waals surface area contributed by atoms with Crippen LogP contribution in [0.5, 0.6) is 0 Å². The van der Waals surface area contributed by atoms with Crippen molar-refractivity contribution >= 4 is 11.0 Å². The third kappa shape index (κ3) is 0.909. The minimum atomic E-state index is 0.811. The summed E-state index contributed by atoms with van der Waals surface area (Å²) in [6.45, 7) is 3.83. The van der Waals surface area contributed by atoms with Crippen LogP contribution in [-0.2, 0) is 6.42 Å². The molecule has 0 bridgehead atoms. The van der Waals surface area contributed by atoms with E-state index in [2.05, 4.69) is 23.0 Å². The highest BCUT2D eigenvalue weighted by Crippen LogP contribution is 2.14. The van der Waals surface area contributed by atoms with E-state index >= 15 is 0 Å². The number of nitrogens with one attached hydrogen (secondary N) is 1. The van der Waals surface area contributed by atoms with Crippen molar-refractivity contribution in [2.24, 2.45) is 0 Å². The maximum absolute atomic E-state index is 4.17. The molecule has 1 N–H and O–H groups in total. The quantitative estimate of drug-likeness (QED) is 0.652. The second-order valence-electron chi connectivity index (χ2n) is 2.46. The van der Waals surface area contributed by atoms with Gasteiger partial charge in [-0.1, -0.05) is 0 Å². The van der Waals surface area contributed by atoms with E-state index < -0.39 is 0 Å². The summed E-state index contributed by atoms with van der Waals surface area (Å²) in [5.74, 6) is 0.